The second-order valence-electron chi connectivity index (χ2n) is 8.52. The van der Waals surface area contributed by atoms with E-state index in [2.05, 4.69) is 23.1 Å². The monoisotopic (exact) mass is 412 g/mol. The van der Waals surface area contributed by atoms with Gasteiger partial charge in [0, 0.05) is 5.56 Å². The van der Waals surface area contributed by atoms with Crippen molar-refractivity contribution >= 4 is 5.84 Å². The molecule has 1 heterocycles. The molecule has 0 unspecified atom stereocenters. The fraction of sp³-hybridized carbons (Fsp3) is 0.625. The average molecular weight is 413 g/mol. The molecule has 6 heteroatoms. The first kappa shape index (κ1) is 22.3. The van der Waals surface area contributed by atoms with Gasteiger partial charge in [-0.1, -0.05) is 63.4 Å². The highest BCUT2D eigenvalue weighted by Crippen LogP contribution is 2.47. The Morgan fingerprint density at radius 1 is 1.10 bits per heavy atom. The minimum absolute atomic E-state index is 0.110. The number of unbranched alkanes of at least 4 members (excludes halogenated alkanes) is 8. The Balaban J connectivity index is 1.54. The maximum atomic E-state index is 7.80. The molecule has 3 N–H and O–H groups in total. The van der Waals surface area contributed by atoms with Crippen LogP contribution in [-0.2, 0) is 11.8 Å². The van der Waals surface area contributed by atoms with Gasteiger partial charge in [-0.15, -0.1) is 0 Å². The Morgan fingerprint density at radius 3 is 2.37 bits per heavy atom. The molecule has 1 aliphatic carbocycles. The van der Waals surface area contributed by atoms with Crippen LogP contribution in [0.3, 0.4) is 0 Å². The van der Waals surface area contributed by atoms with E-state index in [0.717, 1.165) is 37.0 Å². The molecule has 0 bridgehead atoms. The number of nitrogens with two attached hydrogens (primary N) is 1. The highest BCUT2D eigenvalue weighted by atomic mass is 16.5. The number of methoxy groups -OCH3 is 1. The molecule has 164 valence electrons. The molecule has 6 nitrogen and oxygen atoms in total. The van der Waals surface area contributed by atoms with Crippen LogP contribution in [0.25, 0.3) is 11.4 Å². The summed E-state index contributed by atoms with van der Waals surface area (Å²) in [5.41, 5.74) is 7.29. The Hall–Kier alpha value is -2.37. The zero-order chi connectivity index (χ0) is 21.4. The number of hydrogen-bond donors (Lipinski definition) is 2. The van der Waals surface area contributed by atoms with Crippen LogP contribution in [0.5, 0.6) is 5.75 Å². The van der Waals surface area contributed by atoms with E-state index in [0.29, 0.717) is 11.7 Å². The van der Waals surface area contributed by atoms with Gasteiger partial charge in [-0.3, -0.25) is 5.41 Å². The van der Waals surface area contributed by atoms with Crippen molar-refractivity contribution in [2.45, 2.75) is 89.4 Å². The molecule has 30 heavy (non-hydrogen) atoms. The number of amidine groups is 1. The molecule has 1 aromatic heterocycles. The van der Waals surface area contributed by atoms with E-state index >= 15 is 0 Å². The van der Waals surface area contributed by atoms with Crippen LogP contribution in [0.2, 0.25) is 0 Å². The largest absolute Gasteiger partial charge is 0.496 e. The average Bonchev–Trinajstić information content (AvgIpc) is 3.43. The molecule has 0 spiro atoms. The molecular formula is C24H36N4O2. The zero-order valence-electron chi connectivity index (χ0n) is 18.5. The van der Waals surface area contributed by atoms with Gasteiger partial charge >= 0.3 is 0 Å². The predicted octanol–water partition coefficient (Wildman–Crippen LogP) is 5.79. The summed E-state index contributed by atoms with van der Waals surface area (Å²) in [5, 5.41) is 11.9. The summed E-state index contributed by atoms with van der Waals surface area (Å²) < 4.78 is 11.0. The summed E-state index contributed by atoms with van der Waals surface area (Å²) in [6.45, 7) is 2.26. The van der Waals surface area contributed by atoms with E-state index in [1.165, 1.54) is 56.9 Å². The van der Waals surface area contributed by atoms with Crippen LogP contribution >= 0.6 is 0 Å². The molecule has 3 rings (SSSR count). The van der Waals surface area contributed by atoms with Gasteiger partial charge in [-0.2, -0.15) is 4.98 Å². The SMILES string of the molecule is CCCCCCCCCCCc1cc(-c2noc(C3(C(=N)N)CC3)n2)ccc1OC. The first-order chi connectivity index (χ1) is 14.6. The second-order valence-corrected chi connectivity index (χ2v) is 8.52. The fourth-order valence-corrected chi connectivity index (χ4v) is 4.00. The summed E-state index contributed by atoms with van der Waals surface area (Å²) in [4.78, 5) is 4.54. The third-order valence-electron chi connectivity index (χ3n) is 6.19. The number of nitrogens with zero attached hydrogens (tertiary/aromatic N) is 2. The lowest BCUT2D eigenvalue weighted by atomic mass is 10.0. The van der Waals surface area contributed by atoms with Crippen molar-refractivity contribution in [3.8, 4) is 17.1 Å². The van der Waals surface area contributed by atoms with Gasteiger partial charge in [-0.25, -0.2) is 0 Å². The fourth-order valence-electron chi connectivity index (χ4n) is 4.00. The molecule has 0 saturated heterocycles. The number of ether oxygens (including phenoxy) is 1. The van der Waals surface area contributed by atoms with Crippen LogP contribution in [0.4, 0.5) is 0 Å². The minimum Gasteiger partial charge on any atom is -0.496 e. The van der Waals surface area contributed by atoms with E-state index in [9.17, 15) is 0 Å². The van der Waals surface area contributed by atoms with Crippen molar-refractivity contribution in [1.82, 2.24) is 10.1 Å². The molecule has 0 atom stereocenters. The molecule has 0 radical (unpaired) electrons. The molecule has 1 aromatic carbocycles. The van der Waals surface area contributed by atoms with E-state index in [1.807, 2.05) is 12.1 Å². The molecule has 1 aliphatic rings. The Kier molecular flexibility index (Phi) is 7.88. The van der Waals surface area contributed by atoms with Crippen LogP contribution < -0.4 is 10.5 Å². The maximum absolute atomic E-state index is 7.80. The van der Waals surface area contributed by atoms with Gasteiger partial charge in [0.25, 0.3) is 0 Å². The lowest BCUT2D eigenvalue weighted by Crippen LogP contribution is -2.27. The summed E-state index contributed by atoms with van der Waals surface area (Å²) in [5.74, 6) is 2.03. The van der Waals surface area contributed by atoms with E-state index in [1.54, 1.807) is 7.11 Å². The Bertz CT molecular complexity index is 826. The van der Waals surface area contributed by atoms with Crippen molar-refractivity contribution in [1.29, 1.82) is 5.41 Å². The van der Waals surface area contributed by atoms with Gasteiger partial charge < -0.3 is 15.0 Å². The third-order valence-corrected chi connectivity index (χ3v) is 6.19. The lowest BCUT2D eigenvalue weighted by Gasteiger charge is -2.10. The zero-order valence-corrected chi connectivity index (χ0v) is 18.5. The number of benzene rings is 1. The predicted molar refractivity (Wildman–Crippen MR) is 120 cm³/mol. The highest BCUT2D eigenvalue weighted by Gasteiger charge is 2.52. The third kappa shape index (κ3) is 5.41. The van der Waals surface area contributed by atoms with Gasteiger partial charge in [0.05, 0.1) is 7.11 Å². The van der Waals surface area contributed by atoms with Gasteiger partial charge in [-0.05, 0) is 49.4 Å². The maximum Gasteiger partial charge on any atom is 0.240 e. The van der Waals surface area contributed by atoms with Crippen molar-refractivity contribution in [3.63, 3.8) is 0 Å². The highest BCUT2D eigenvalue weighted by molar-refractivity contribution is 5.91. The standard InChI is InChI=1S/C24H36N4O2/c1-3-4-5-6-7-8-9-10-11-12-18-17-19(13-14-20(18)29-2)21-27-23(30-28-21)24(15-16-24)22(25)26/h13-14,17H,3-12,15-16H2,1-2H3,(H3,25,26). The number of hydrogen-bond acceptors (Lipinski definition) is 5. The van der Waals surface area contributed by atoms with Crippen molar-refractivity contribution in [3.05, 3.63) is 29.7 Å². The Morgan fingerprint density at radius 2 is 1.77 bits per heavy atom. The number of aromatic nitrogens is 2. The van der Waals surface area contributed by atoms with E-state index < -0.39 is 5.41 Å². The normalized spacial score (nSPS) is 14.6. The quantitative estimate of drug-likeness (QED) is 0.233. The summed E-state index contributed by atoms with van der Waals surface area (Å²) >= 11 is 0. The lowest BCUT2D eigenvalue weighted by molar-refractivity contribution is 0.367. The molecule has 1 saturated carbocycles. The molecule has 0 amide bonds. The van der Waals surface area contributed by atoms with Crippen LogP contribution in [0.1, 0.15) is 89.0 Å². The van der Waals surface area contributed by atoms with Gasteiger partial charge in [0.1, 0.15) is 17.0 Å². The molecule has 2 aromatic rings. The molecular weight excluding hydrogens is 376 g/mol. The summed E-state index contributed by atoms with van der Waals surface area (Å²) in [7, 11) is 1.71. The topological polar surface area (TPSA) is 98.0 Å². The van der Waals surface area contributed by atoms with E-state index in [4.69, 9.17) is 20.4 Å². The second kappa shape index (κ2) is 10.6. The van der Waals surface area contributed by atoms with Crippen LogP contribution in [-0.4, -0.2) is 23.1 Å². The van der Waals surface area contributed by atoms with Crippen molar-refractivity contribution in [2.75, 3.05) is 7.11 Å². The summed E-state index contributed by atoms with van der Waals surface area (Å²) in [6.07, 6.45) is 14.4. The van der Waals surface area contributed by atoms with Crippen molar-refractivity contribution in [2.24, 2.45) is 5.73 Å². The van der Waals surface area contributed by atoms with Crippen LogP contribution in [0.15, 0.2) is 22.7 Å². The first-order valence-corrected chi connectivity index (χ1v) is 11.5. The number of nitrogens with one attached hydrogen (secondary N) is 1. The molecule has 0 aliphatic heterocycles. The first-order valence-electron chi connectivity index (χ1n) is 11.5. The van der Waals surface area contributed by atoms with Gasteiger partial charge in [0.15, 0.2) is 0 Å². The minimum atomic E-state index is -0.531. The van der Waals surface area contributed by atoms with Gasteiger partial charge in [0.2, 0.25) is 11.7 Å². The van der Waals surface area contributed by atoms with Crippen LogP contribution in [0, 0.1) is 5.41 Å². The summed E-state index contributed by atoms with van der Waals surface area (Å²) in [6, 6.07) is 6.04. The molecule has 1 fully saturated rings. The van der Waals surface area contributed by atoms with E-state index in [-0.39, 0.29) is 5.84 Å². The smallest absolute Gasteiger partial charge is 0.240 e. The number of aryl methyl sites for hydroxylation is 1. The number of rotatable bonds is 14. The Labute approximate surface area is 180 Å². The van der Waals surface area contributed by atoms with Crippen molar-refractivity contribution < 1.29 is 9.26 Å².